The summed E-state index contributed by atoms with van der Waals surface area (Å²) >= 11 is 0. The third-order valence-corrected chi connectivity index (χ3v) is 9.49. The number of nitrogens with two attached hydrogens (primary N) is 1. The minimum absolute atomic E-state index is 0.00274. The fourth-order valence-electron chi connectivity index (χ4n) is 6.47. The van der Waals surface area contributed by atoms with Gasteiger partial charge in [-0.15, -0.1) is 0 Å². The molecule has 5 aromatic rings. The van der Waals surface area contributed by atoms with E-state index in [0.29, 0.717) is 41.1 Å². The highest BCUT2D eigenvalue weighted by Gasteiger charge is 2.45. The van der Waals surface area contributed by atoms with Gasteiger partial charge in [-0.05, 0) is 62.1 Å². The van der Waals surface area contributed by atoms with Crippen LogP contribution in [0.2, 0.25) is 0 Å². The van der Waals surface area contributed by atoms with E-state index in [-0.39, 0.29) is 40.4 Å². The van der Waals surface area contributed by atoms with Gasteiger partial charge in [-0.1, -0.05) is 6.07 Å². The first kappa shape index (κ1) is 26.3. The number of carbonyl (C=O) groups is 1. The number of nitrogen functional groups attached to an aromatic ring is 1. The molecule has 0 saturated carbocycles. The Kier molecular flexibility index (Phi) is 6.08. The molecule has 13 heteroatoms. The van der Waals surface area contributed by atoms with Gasteiger partial charge in [0.1, 0.15) is 22.2 Å². The number of hydrogen-bond acceptors (Lipinski definition) is 8. The summed E-state index contributed by atoms with van der Waals surface area (Å²) in [6.45, 7) is 0. The molecule has 42 heavy (non-hydrogen) atoms. The van der Waals surface area contributed by atoms with Gasteiger partial charge in [-0.25, -0.2) is 17.8 Å². The molecule has 2 aliphatic heterocycles. The van der Waals surface area contributed by atoms with E-state index in [0.717, 1.165) is 30.2 Å². The van der Waals surface area contributed by atoms with Gasteiger partial charge < -0.3 is 10.6 Å². The minimum atomic E-state index is -3.76. The number of hydrogen-bond donors (Lipinski definition) is 2. The average molecular weight is 587 g/mol. The topological polar surface area (TPSA) is 152 Å². The molecule has 6 heterocycles. The molecular formula is C29H27FN8O3S. The molecule has 0 radical (unpaired) electrons. The van der Waals surface area contributed by atoms with E-state index in [2.05, 4.69) is 20.3 Å². The van der Waals surface area contributed by atoms with Crippen molar-refractivity contribution in [3.63, 3.8) is 0 Å². The Bertz CT molecular complexity index is 1910. The van der Waals surface area contributed by atoms with E-state index in [1.165, 1.54) is 16.6 Å². The molecule has 2 fully saturated rings. The van der Waals surface area contributed by atoms with Crippen molar-refractivity contribution in [1.29, 1.82) is 0 Å². The predicted molar refractivity (Wildman–Crippen MR) is 153 cm³/mol. The van der Waals surface area contributed by atoms with Crippen molar-refractivity contribution < 1.29 is 17.6 Å². The largest absolute Gasteiger partial charge is 0.382 e. The van der Waals surface area contributed by atoms with Crippen molar-refractivity contribution in [3.05, 3.63) is 78.3 Å². The minimum Gasteiger partial charge on any atom is -0.382 e. The van der Waals surface area contributed by atoms with Crippen LogP contribution in [0.15, 0.2) is 66.0 Å². The number of aromatic nitrogens is 6. The number of halogens is 1. The molecular weight excluding hydrogens is 559 g/mol. The number of aromatic amines is 1. The molecule has 4 aromatic heterocycles. The molecule has 1 aromatic carbocycles. The fraction of sp³-hybridized carbons (Fsp3) is 0.276. The second-order valence-electron chi connectivity index (χ2n) is 11.0. The van der Waals surface area contributed by atoms with Crippen molar-refractivity contribution >= 4 is 27.2 Å². The average Bonchev–Trinajstić information content (AvgIpc) is 3.71. The lowest BCUT2D eigenvalue weighted by Gasteiger charge is -2.39. The Hall–Kier alpha value is -4.65. The van der Waals surface area contributed by atoms with Crippen LogP contribution in [0.5, 0.6) is 0 Å². The number of carbonyl (C=O) groups excluding carboxylic acids is 1. The first-order chi connectivity index (χ1) is 20.2. The van der Waals surface area contributed by atoms with Crippen LogP contribution in [0.4, 0.5) is 10.2 Å². The highest BCUT2D eigenvalue weighted by Crippen LogP contribution is 2.45. The van der Waals surface area contributed by atoms with E-state index in [1.54, 1.807) is 36.8 Å². The van der Waals surface area contributed by atoms with E-state index in [9.17, 15) is 17.6 Å². The molecule has 2 saturated heterocycles. The molecule has 2 aliphatic rings. The maximum atomic E-state index is 13.4. The summed E-state index contributed by atoms with van der Waals surface area (Å²) in [6.07, 6.45) is 8.75. The number of anilines is 1. The smallest absolute Gasteiger partial charge is 0.272 e. The maximum Gasteiger partial charge on any atom is 0.272 e. The van der Waals surface area contributed by atoms with Gasteiger partial charge in [-0.3, -0.25) is 14.9 Å². The highest BCUT2D eigenvalue weighted by molar-refractivity contribution is 7.91. The van der Waals surface area contributed by atoms with E-state index < -0.39 is 9.84 Å². The third-order valence-electron chi connectivity index (χ3n) is 8.33. The van der Waals surface area contributed by atoms with Crippen molar-refractivity contribution in [2.45, 2.75) is 48.6 Å². The molecule has 0 spiro atoms. The summed E-state index contributed by atoms with van der Waals surface area (Å²) in [5.41, 5.74) is 10.6. The Labute approximate surface area is 240 Å². The summed E-state index contributed by atoms with van der Waals surface area (Å²) in [5.74, 6) is -0.632. The fourth-order valence-corrected chi connectivity index (χ4v) is 7.53. The van der Waals surface area contributed by atoms with Crippen molar-refractivity contribution in [3.8, 4) is 22.4 Å². The first-order valence-electron chi connectivity index (χ1n) is 13.6. The van der Waals surface area contributed by atoms with Crippen molar-refractivity contribution in [2.24, 2.45) is 0 Å². The molecule has 3 N–H and O–H groups in total. The Morgan fingerprint density at radius 3 is 2.36 bits per heavy atom. The van der Waals surface area contributed by atoms with Crippen LogP contribution in [0.25, 0.3) is 28.0 Å². The van der Waals surface area contributed by atoms with Gasteiger partial charge in [-0.2, -0.15) is 14.7 Å². The summed E-state index contributed by atoms with van der Waals surface area (Å²) in [4.78, 5) is 24.6. The normalized spacial score (nSPS) is 20.3. The maximum absolute atomic E-state index is 13.4. The molecule has 2 bridgehead atoms. The van der Waals surface area contributed by atoms with Crippen LogP contribution < -0.4 is 5.73 Å². The number of H-pyrrole nitrogens is 1. The Morgan fingerprint density at radius 1 is 1.02 bits per heavy atom. The third kappa shape index (κ3) is 4.31. The lowest BCUT2D eigenvalue weighted by molar-refractivity contribution is 0.0562. The van der Waals surface area contributed by atoms with Crippen LogP contribution in [0.3, 0.4) is 0 Å². The number of fused-ring (bicyclic) bond motifs is 3. The number of nitrogens with one attached hydrogen (secondary N) is 1. The molecule has 0 aliphatic carbocycles. The van der Waals surface area contributed by atoms with Gasteiger partial charge in [0, 0.05) is 53.3 Å². The van der Waals surface area contributed by atoms with Crippen molar-refractivity contribution in [1.82, 2.24) is 34.7 Å². The lowest BCUT2D eigenvalue weighted by atomic mass is 9.87. The van der Waals surface area contributed by atoms with Crippen LogP contribution in [-0.2, 0) is 9.84 Å². The standard InChI is InChI=1S/C29H27FN8O3S/c1-42(40,41)26-25(18-12-20-7-8-21(13-18)37(20)29(39)24-10-11-33-36-24)35-28-22(15-34-38(28)27(26)31)17-4-9-23(32-14-17)16-2-5-19(30)6-3-16/h2-6,9-11,14-15,18,20-21H,7-8,12-13,31H2,1H3,(H,33,36)/t18-,20+,21-. The molecule has 11 nitrogen and oxygen atoms in total. The van der Waals surface area contributed by atoms with Crippen LogP contribution >= 0.6 is 0 Å². The van der Waals surface area contributed by atoms with Crippen LogP contribution in [-0.4, -0.2) is 67.3 Å². The zero-order valence-electron chi connectivity index (χ0n) is 22.6. The van der Waals surface area contributed by atoms with Gasteiger partial charge in [0.05, 0.1) is 17.6 Å². The number of sulfone groups is 1. The zero-order chi connectivity index (χ0) is 29.2. The molecule has 1 amide bonds. The number of piperidine rings is 1. The number of benzene rings is 1. The monoisotopic (exact) mass is 586 g/mol. The quantitative estimate of drug-likeness (QED) is 0.315. The summed E-state index contributed by atoms with van der Waals surface area (Å²) in [5, 5.41) is 11.1. The molecule has 214 valence electrons. The van der Waals surface area contributed by atoms with Gasteiger partial charge >= 0.3 is 0 Å². The predicted octanol–water partition coefficient (Wildman–Crippen LogP) is 3.86. The first-order valence-corrected chi connectivity index (χ1v) is 15.5. The van der Waals surface area contributed by atoms with E-state index in [1.807, 2.05) is 17.0 Å². The summed E-state index contributed by atoms with van der Waals surface area (Å²) in [6, 6.07) is 11.3. The second-order valence-corrected chi connectivity index (χ2v) is 12.9. The number of rotatable bonds is 5. The highest BCUT2D eigenvalue weighted by atomic mass is 32.2. The molecule has 7 rings (SSSR count). The Morgan fingerprint density at radius 2 is 1.74 bits per heavy atom. The lowest BCUT2D eigenvalue weighted by Crippen LogP contribution is -2.46. The van der Waals surface area contributed by atoms with Gasteiger partial charge in [0.2, 0.25) is 0 Å². The van der Waals surface area contributed by atoms with Crippen molar-refractivity contribution in [2.75, 3.05) is 12.0 Å². The Balaban J connectivity index is 1.27. The molecule has 3 atom stereocenters. The van der Waals surface area contributed by atoms with Gasteiger partial charge in [0.25, 0.3) is 5.91 Å². The van der Waals surface area contributed by atoms with E-state index in [4.69, 9.17) is 10.7 Å². The van der Waals surface area contributed by atoms with Crippen LogP contribution in [0.1, 0.15) is 47.8 Å². The number of pyridine rings is 1. The number of amides is 1. The second kappa shape index (κ2) is 9.72. The summed E-state index contributed by atoms with van der Waals surface area (Å²) < 4.78 is 40.8. The van der Waals surface area contributed by atoms with Crippen LogP contribution in [0, 0.1) is 5.82 Å². The summed E-state index contributed by atoms with van der Waals surface area (Å²) in [7, 11) is -3.76. The van der Waals surface area contributed by atoms with E-state index >= 15 is 0 Å². The number of nitrogens with zero attached hydrogens (tertiary/aromatic N) is 6. The SMILES string of the molecule is CS(=O)(=O)c1c([C@H]2C[C@H]3CC[C@@H](C2)N3C(=O)c2ccn[nH]2)nc2c(-c3ccc(-c4ccc(F)cc4)nc3)cnn2c1N. The zero-order valence-corrected chi connectivity index (χ0v) is 23.4. The van der Waals surface area contributed by atoms with Gasteiger partial charge in [0.15, 0.2) is 15.5 Å². The molecule has 0 unspecified atom stereocenters.